The molecule has 2 aliphatic rings. The second-order valence-electron chi connectivity index (χ2n) is 10.8. The highest BCUT2D eigenvalue weighted by molar-refractivity contribution is 5.66. The van der Waals surface area contributed by atoms with Crippen LogP contribution in [0.25, 0.3) is 0 Å². The molecule has 5 rings (SSSR count). The van der Waals surface area contributed by atoms with Crippen LogP contribution < -0.4 is 11.2 Å². The molecule has 1 saturated heterocycles. The van der Waals surface area contributed by atoms with E-state index in [2.05, 4.69) is 4.98 Å². The standard InChI is InChI=1S/C33H36N2O8/c1-21-20-35(31(39)34-30(21)38)27-19-26(42-22(2)36)28(43-27)29(37)33(23-11-7-5-8-12-23,24-13-9-6-10-14-24)25-15-17-32(40-3,41-4)18-16-25/h5-17,20,26-29,37H,18-19H2,1-4H3,(H,34,38,39)/t26-,27+,28-,29?/m0/s1. The second kappa shape index (κ2) is 12.3. The number of H-pyrrole nitrogens is 1. The van der Waals surface area contributed by atoms with Crippen LogP contribution >= 0.6 is 0 Å². The zero-order valence-corrected chi connectivity index (χ0v) is 24.6. The van der Waals surface area contributed by atoms with Gasteiger partial charge in [-0.15, -0.1) is 0 Å². The summed E-state index contributed by atoms with van der Waals surface area (Å²) in [5.74, 6) is -1.52. The van der Waals surface area contributed by atoms with Gasteiger partial charge in [-0.05, 0) is 29.7 Å². The molecule has 1 unspecified atom stereocenters. The van der Waals surface area contributed by atoms with Crippen LogP contribution in [0.3, 0.4) is 0 Å². The zero-order chi connectivity index (χ0) is 30.8. The SMILES string of the molecule is COC1(OC)C=CC(C(c2ccccc2)(c2ccccc2)C(O)[C@H]2O[C@@H](n3cc(C)c(=O)[nH]c3=O)C[C@@H]2OC(C)=O)=CC1. The number of carbonyl (C=O) groups excluding carboxylic acids is 1. The fourth-order valence-corrected chi connectivity index (χ4v) is 6.19. The molecule has 1 fully saturated rings. The van der Waals surface area contributed by atoms with E-state index in [1.165, 1.54) is 17.7 Å². The molecule has 226 valence electrons. The predicted octanol–water partition coefficient (Wildman–Crippen LogP) is 3.29. The molecule has 2 aromatic carbocycles. The van der Waals surface area contributed by atoms with Crippen LogP contribution in [-0.2, 0) is 29.2 Å². The van der Waals surface area contributed by atoms with Gasteiger partial charge in [0.05, 0.1) is 5.41 Å². The fourth-order valence-electron chi connectivity index (χ4n) is 6.19. The Kier molecular flexibility index (Phi) is 8.66. The van der Waals surface area contributed by atoms with Crippen molar-refractivity contribution in [1.82, 2.24) is 9.55 Å². The molecule has 3 aromatic rings. The third kappa shape index (κ3) is 5.54. The van der Waals surface area contributed by atoms with Gasteiger partial charge in [-0.2, -0.15) is 0 Å². The number of esters is 1. The zero-order valence-electron chi connectivity index (χ0n) is 24.6. The molecule has 0 saturated carbocycles. The summed E-state index contributed by atoms with van der Waals surface area (Å²) in [4.78, 5) is 39.4. The lowest BCUT2D eigenvalue weighted by Crippen LogP contribution is -2.53. The molecule has 43 heavy (non-hydrogen) atoms. The number of aromatic amines is 1. The van der Waals surface area contributed by atoms with Gasteiger partial charge in [-0.3, -0.25) is 19.1 Å². The number of aryl methyl sites for hydroxylation is 1. The van der Waals surface area contributed by atoms with E-state index < -0.39 is 53.0 Å². The number of nitrogens with one attached hydrogen (secondary N) is 1. The Balaban J connectivity index is 1.69. The van der Waals surface area contributed by atoms with Crippen molar-refractivity contribution in [3.05, 3.63) is 128 Å². The first-order chi connectivity index (χ1) is 20.6. The lowest BCUT2D eigenvalue weighted by Gasteiger charge is -2.45. The summed E-state index contributed by atoms with van der Waals surface area (Å²) >= 11 is 0. The predicted molar refractivity (Wildman–Crippen MR) is 158 cm³/mol. The summed E-state index contributed by atoms with van der Waals surface area (Å²) in [5.41, 5.74) is 0.248. The Bertz CT molecular complexity index is 1580. The second-order valence-corrected chi connectivity index (χ2v) is 10.8. The Morgan fingerprint density at radius 1 is 1.07 bits per heavy atom. The van der Waals surface area contributed by atoms with Crippen molar-refractivity contribution in [2.45, 2.75) is 62.4 Å². The number of hydrogen-bond acceptors (Lipinski definition) is 8. The van der Waals surface area contributed by atoms with Crippen LogP contribution in [0.2, 0.25) is 0 Å². The summed E-state index contributed by atoms with van der Waals surface area (Å²) < 4.78 is 24.7. The highest BCUT2D eigenvalue weighted by Gasteiger charge is 2.54. The van der Waals surface area contributed by atoms with E-state index in [1.54, 1.807) is 21.1 Å². The first-order valence-corrected chi connectivity index (χ1v) is 14.1. The molecule has 0 amide bonds. The Hall–Kier alpha value is -4.09. The molecule has 2 heterocycles. The van der Waals surface area contributed by atoms with Gasteiger partial charge in [0.2, 0.25) is 0 Å². The molecule has 1 aliphatic heterocycles. The number of hydrogen-bond donors (Lipinski definition) is 2. The monoisotopic (exact) mass is 588 g/mol. The van der Waals surface area contributed by atoms with Gasteiger partial charge < -0.3 is 24.1 Å². The Morgan fingerprint density at radius 2 is 1.67 bits per heavy atom. The van der Waals surface area contributed by atoms with Gasteiger partial charge >= 0.3 is 11.7 Å². The smallest absolute Gasteiger partial charge is 0.330 e. The molecule has 10 nitrogen and oxygen atoms in total. The van der Waals surface area contributed by atoms with Crippen molar-refractivity contribution in [1.29, 1.82) is 0 Å². The van der Waals surface area contributed by atoms with Crippen molar-refractivity contribution in [2.24, 2.45) is 0 Å². The van der Waals surface area contributed by atoms with Crippen molar-refractivity contribution in [2.75, 3.05) is 14.2 Å². The number of carbonyl (C=O) groups is 1. The molecule has 0 radical (unpaired) electrons. The number of aromatic nitrogens is 2. The number of ether oxygens (including phenoxy) is 4. The third-order valence-corrected chi connectivity index (χ3v) is 8.37. The minimum absolute atomic E-state index is 0.0811. The van der Waals surface area contributed by atoms with Crippen molar-refractivity contribution in [3.8, 4) is 0 Å². The van der Waals surface area contributed by atoms with E-state index >= 15 is 0 Å². The number of aliphatic hydroxyl groups is 1. The molecule has 4 atom stereocenters. The van der Waals surface area contributed by atoms with Crippen LogP contribution in [0.1, 0.15) is 42.7 Å². The fraction of sp³-hybridized carbons (Fsp3) is 0.364. The summed E-state index contributed by atoms with van der Waals surface area (Å²) in [5, 5.41) is 12.7. The van der Waals surface area contributed by atoms with E-state index in [4.69, 9.17) is 18.9 Å². The molecule has 0 bridgehead atoms. The molecule has 10 heteroatoms. The minimum Gasteiger partial charge on any atom is -0.459 e. The van der Waals surface area contributed by atoms with Crippen LogP contribution in [-0.4, -0.2) is 58.9 Å². The quantitative estimate of drug-likeness (QED) is 0.288. The van der Waals surface area contributed by atoms with Gasteiger partial charge in [0.15, 0.2) is 5.79 Å². The minimum atomic E-state index is -1.32. The topological polar surface area (TPSA) is 129 Å². The maximum Gasteiger partial charge on any atom is 0.330 e. The number of rotatable bonds is 9. The van der Waals surface area contributed by atoms with E-state index in [0.29, 0.717) is 12.0 Å². The van der Waals surface area contributed by atoms with Gasteiger partial charge in [0.1, 0.15) is 24.5 Å². The van der Waals surface area contributed by atoms with E-state index in [9.17, 15) is 19.5 Å². The molecular weight excluding hydrogens is 552 g/mol. The lowest BCUT2D eigenvalue weighted by atomic mass is 9.62. The number of methoxy groups -OCH3 is 2. The van der Waals surface area contributed by atoms with Crippen molar-refractivity contribution < 1.29 is 28.8 Å². The average molecular weight is 589 g/mol. The van der Waals surface area contributed by atoms with Gasteiger partial charge in [-0.25, -0.2) is 4.79 Å². The Morgan fingerprint density at radius 3 is 2.19 bits per heavy atom. The van der Waals surface area contributed by atoms with Gasteiger partial charge in [-0.1, -0.05) is 72.8 Å². The summed E-state index contributed by atoms with van der Waals surface area (Å²) in [7, 11) is 3.14. The summed E-state index contributed by atoms with van der Waals surface area (Å²) in [6.45, 7) is 2.87. The van der Waals surface area contributed by atoms with Crippen molar-refractivity contribution in [3.63, 3.8) is 0 Å². The van der Waals surface area contributed by atoms with E-state index in [1.807, 2.05) is 78.9 Å². The number of aliphatic hydroxyl groups excluding tert-OH is 1. The first kappa shape index (κ1) is 30.4. The van der Waals surface area contributed by atoms with Crippen LogP contribution in [0.4, 0.5) is 0 Å². The highest BCUT2D eigenvalue weighted by Crippen LogP contribution is 2.49. The highest BCUT2D eigenvalue weighted by atomic mass is 16.7. The molecule has 0 spiro atoms. The Labute approximate surface area is 249 Å². The van der Waals surface area contributed by atoms with E-state index in [-0.39, 0.29) is 6.42 Å². The van der Waals surface area contributed by atoms with Crippen LogP contribution in [0.15, 0.2) is 100 Å². The first-order valence-electron chi connectivity index (χ1n) is 14.1. The van der Waals surface area contributed by atoms with Crippen molar-refractivity contribution >= 4 is 5.97 Å². The number of nitrogens with zero attached hydrogens (tertiary/aromatic N) is 1. The largest absolute Gasteiger partial charge is 0.459 e. The molecule has 1 aliphatic carbocycles. The third-order valence-electron chi connectivity index (χ3n) is 8.37. The maximum atomic E-state index is 12.8. The van der Waals surface area contributed by atoms with Gasteiger partial charge in [0, 0.05) is 45.7 Å². The van der Waals surface area contributed by atoms with E-state index in [0.717, 1.165) is 16.7 Å². The van der Waals surface area contributed by atoms with Crippen LogP contribution in [0.5, 0.6) is 0 Å². The van der Waals surface area contributed by atoms with Gasteiger partial charge in [0.25, 0.3) is 5.56 Å². The lowest BCUT2D eigenvalue weighted by molar-refractivity contribution is -0.168. The number of benzene rings is 2. The van der Waals surface area contributed by atoms with Crippen LogP contribution in [0, 0.1) is 6.92 Å². The maximum absolute atomic E-state index is 12.8. The summed E-state index contributed by atoms with van der Waals surface area (Å²) in [6.07, 6.45) is 3.32. The molecule has 2 N–H and O–H groups in total. The average Bonchev–Trinajstić information content (AvgIpc) is 3.43. The molecular formula is C33H36N2O8. The summed E-state index contributed by atoms with van der Waals surface area (Å²) in [6, 6.07) is 19.1. The number of allylic oxidation sites excluding steroid dienone is 1. The normalized spacial score (nSPS) is 22.2. The molecule has 1 aromatic heterocycles.